The quantitative estimate of drug-likeness (QED) is 0.640. The van der Waals surface area contributed by atoms with Crippen molar-refractivity contribution in [1.82, 2.24) is 4.90 Å². The van der Waals surface area contributed by atoms with E-state index < -0.39 is 11.4 Å². The van der Waals surface area contributed by atoms with Gasteiger partial charge >= 0.3 is 0 Å². The van der Waals surface area contributed by atoms with Gasteiger partial charge in [-0.25, -0.2) is 4.39 Å². The fourth-order valence-corrected chi connectivity index (χ4v) is 2.90. The van der Waals surface area contributed by atoms with Crippen molar-refractivity contribution < 1.29 is 18.7 Å². The number of anilines is 2. The minimum atomic E-state index is -1.01. The molecule has 2 amide bonds. The van der Waals surface area contributed by atoms with Crippen molar-refractivity contribution in [3.8, 4) is 0 Å². The summed E-state index contributed by atoms with van der Waals surface area (Å²) in [5.74, 6) is -1.18. The number of nitrogens with one attached hydrogen (secondary N) is 2. The first-order valence-electron chi connectivity index (χ1n) is 9.31. The highest BCUT2D eigenvalue weighted by molar-refractivity contribution is 5.98. The van der Waals surface area contributed by atoms with Gasteiger partial charge in [-0.2, -0.15) is 0 Å². The Morgan fingerprint density at radius 2 is 2.00 bits per heavy atom. The SMILES string of the molecule is CCCC(C)(N)C(=O)Nc1ccc(F)c(NC(=O)CCN2CCOCC2)c1. The first-order valence-corrected chi connectivity index (χ1v) is 9.31. The molecule has 7 nitrogen and oxygen atoms in total. The number of benzene rings is 1. The highest BCUT2D eigenvalue weighted by atomic mass is 19.1. The summed E-state index contributed by atoms with van der Waals surface area (Å²) in [6.07, 6.45) is 1.56. The Morgan fingerprint density at radius 1 is 1.30 bits per heavy atom. The van der Waals surface area contributed by atoms with Gasteiger partial charge in [0, 0.05) is 31.7 Å². The van der Waals surface area contributed by atoms with E-state index in [2.05, 4.69) is 15.5 Å². The van der Waals surface area contributed by atoms with Gasteiger partial charge in [0.1, 0.15) is 5.82 Å². The molecule has 1 aliphatic heterocycles. The maximum Gasteiger partial charge on any atom is 0.244 e. The zero-order valence-corrected chi connectivity index (χ0v) is 16.0. The molecule has 1 aromatic carbocycles. The number of nitrogens with zero attached hydrogens (tertiary/aromatic N) is 1. The lowest BCUT2D eigenvalue weighted by molar-refractivity contribution is -0.121. The van der Waals surface area contributed by atoms with Crippen molar-refractivity contribution in [3.63, 3.8) is 0 Å². The lowest BCUT2D eigenvalue weighted by atomic mass is 9.96. The average molecular weight is 380 g/mol. The van der Waals surface area contributed by atoms with Crippen LogP contribution in [-0.2, 0) is 14.3 Å². The minimum Gasteiger partial charge on any atom is -0.379 e. The van der Waals surface area contributed by atoms with Crippen molar-refractivity contribution in [2.45, 2.75) is 38.6 Å². The molecule has 4 N–H and O–H groups in total. The Bertz CT molecular complexity index is 660. The van der Waals surface area contributed by atoms with E-state index in [1.165, 1.54) is 18.2 Å². The highest BCUT2D eigenvalue weighted by Crippen LogP contribution is 2.21. The van der Waals surface area contributed by atoms with Crippen LogP contribution in [0.25, 0.3) is 0 Å². The van der Waals surface area contributed by atoms with Crippen LogP contribution in [0.3, 0.4) is 0 Å². The number of hydrogen-bond acceptors (Lipinski definition) is 5. The summed E-state index contributed by atoms with van der Waals surface area (Å²) >= 11 is 0. The van der Waals surface area contributed by atoms with Crippen LogP contribution in [0.2, 0.25) is 0 Å². The second kappa shape index (κ2) is 9.77. The second-order valence-electron chi connectivity index (χ2n) is 7.07. The van der Waals surface area contributed by atoms with Gasteiger partial charge in [0.2, 0.25) is 11.8 Å². The second-order valence-corrected chi connectivity index (χ2v) is 7.07. The van der Waals surface area contributed by atoms with E-state index in [1.807, 2.05) is 6.92 Å². The molecule has 1 unspecified atom stereocenters. The van der Waals surface area contributed by atoms with Crippen LogP contribution in [0.15, 0.2) is 18.2 Å². The molecule has 1 aromatic rings. The third-order valence-corrected chi connectivity index (χ3v) is 4.55. The van der Waals surface area contributed by atoms with Gasteiger partial charge in [-0.05, 0) is 31.5 Å². The zero-order valence-electron chi connectivity index (χ0n) is 16.0. The fraction of sp³-hybridized carbons (Fsp3) is 0.579. The highest BCUT2D eigenvalue weighted by Gasteiger charge is 2.27. The van der Waals surface area contributed by atoms with Crippen molar-refractivity contribution >= 4 is 23.2 Å². The van der Waals surface area contributed by atoms with E-state index >= 15 is 0 Å². The standard InChI is InChI=1S/C19H29FN4O3/c1-3-7-19(2,21)18(26)22-14-4-5-15(20)16(13-14)23-17(25)6-8-24-9-11-27-12-10-24/h4-5,13H,3,6-12,21H2,1-2H3,(H,22,26)(H,23,25). The van der Waals surface area contributed by atoms with Gasteiger partial charge in [-0.15, -0.1) is 0 Å². The summed E-state index contributed by atoms with van der Waals surface area (Å²) in [6, 6.07) is 4.06. The molecule has 0 radical (unpaired) electrons. The molecular formula is C19H29FN4O3. The molecule has 0 aliphatic carbocycles. The van der Waals surface area contributed by atoms with Crippen molar-refractivity contribution in [1.29, 1.82) is 0 Å². The summed E-state index contributed by atoms with van der Waals surface area (Å²) in [6.45, 7) is 7.10. The topological polar surface area (TPSA) is 96.7 Å². The maximum absolute atomic E-state index is 14.0. The summed E-state index contributed by atoms with van der Waals surface area (Å²) in [5, 5.41) is 5.26. The van der Waals surface area contributed by atoms with Gasteiger partial charge in [0.25, 0.3) is 0 Å². The van der Waals surface area contributed by atoms with Crippen molar-refractivity contribution in [3.05, 3.63) is 24.0 Å². The zero-order chi connectivity index (χ0) is 19.9. The van der Waals surface area contributed by atoms with Crippen LogP contribution in [0.4, 0.5) is 15.8 Å². The van der Waals surface area contributed by atoms with Gasteiger partial charge in [-0.1, -0.05) is 13.3 Å². The molecule has 1 atom stereocenters. The number of nitrogens with two attached hydrogens (primary N) is 1. The molecule has 1 heterocycles. The monoisotopic (exact) mass is 380 g/mol. The molecular weight excluding hydrogens is 351 g/mol. The Hall–Kier alpha value is -2.03. The molecule has 1 fully saturated rings. The number of morpholine rings is 1. The Morgan fingerprint density at radius 3 is 2.67 bits per heavy atom. The number of amides is 2. The summed E-state index contributed by atoms with van der Waals surface area (Å²) in [5.41, 5.74) is 5.42. The van der Waals surface area contributed by atoms with Gasteiger partial charge in [-0.3, -0.25) is 14.5 Å². The van der Waals surface area contributed by atoms with Crippen LogP contribution >= 0.6 is 0 Å². The van der Waals surface area contributed by atoms with Gasteiger partial charge in [0.05, 0.1) is 24.4 Å². The van der Waals surface area contributed by atoms with E-state index in [9.17, 15) is 14.0 Å². The van der Waals surface area contributed by atoms with Crippen LogP contribution in [-0.4, -0.2) is 55.1 Å². The van der Waals surface area contributed by atoms with E-state index in [0.29, 0.717) is 31.9 Å². The Labute approximate surface area is 159 Å². The lowest BCUT2D eigenvalue weighted by Crippen LogP contribution is -2.48. The molecule has 0 aromatic heterocycles. The van der Waals surface area contributed by atoms with Crippen molar-refractivity contribution in [2.75, 3.05) is 43.5 Å². The third kappa shape index (κ3) is 6.57. The van der Waals surface area contributed by atoms with Gasteiger partial charge < -0.3 is 21.1 Å². The molecule has 1 aliphatic rings. The maximum atomic E-state index is 14.0. The predicted octanol–water partition coefficient (Wildman–Crippen LogP) is 1.94. The van der Waals surface area contributed by atoms with Crippen LogP contribution < -0.4 is 16.4 Å². The largest absolute Gasteiger partial charge is 0.379 e. The van der Waals surface area contributed by atoms with Crippen LogP contribution in [0, 0.1) is 5.82 Å². The molecule has 150 valence electrons. The number of carbonyl (C=O) groups excluding carboxylic acids is 2. The number of hydrogen-bond donors (Lipinski definition) is 3. The smallest absolute Gasteiger partial charge is 0.244 e. The first-order chi connectivity index (χ1) is 12.8. The number of ether oxygens (including phenoxy) is 1. The van der Waals surface area contributed by atoms with E-state index in [1.54, 1.807) is 6.92 Å². The van der Waals surface area contributed by atoms with E-state index in [0.717, 1.165) is 19.5 Å². The van der Waals surface area contributed by atoms with E-state index in [4.69, 9.17) is 10.5 Å². The Balaban J connectivity index is 1.93. The number of rotatable bonds is 8. The molecule has 8 heteroatoms. The van der Waals surface area contributed by atoms with Crippen molar-refractivity contribution in [2.24, 2.45) is 5.73 Å². The summed E-state index contributed by atoms with van der Waals surface area (Å²) in [4.78, 5) is 26.6. The normalized spacial score (nSPS) is 17.2. The van der Waals surface area contributed by atoms with E-state index in [-0.39, 0.29) is 23.9 Å². The number of halogens is 1. The molecule has 1 saturated heterocycles. The summed E-state index contributed by atoms with van der Waals surface area (Å²) in [7, 11) is 0. The fourth-order valence-electron chi connectivity index (χ4n) is 2.90. The lowest BCUT2D eigenvalue weighted by Gasteiger charge is -2.26. The van der Waals surface area contributed by atoms with Gasteiger partial charge in [0.15, 0.2) is 0 Å². The predicted molar refractivity (Wildman–Crippen MR) is 103 cm³/mol. The van der Waals surface area contributed by atoms with Crippen LogP contribution in [0.1, 0.15) is 33.1 Å². The molecule has 2 rings (SSSR count). The molecule has 0 spiro atoms. The molecule has 0 bridgehead atoms. The Kier molecular flexibility index (Phi) is 7.70. The minimum absolute atomic E-state index is 0.0361. The first kappa shape index (κ1) is 21.3. The number of carbonyl (C=O) groups is 2. The molecule has 27 heavy (non-hydrogen) atoms. The molecule has 0 saturated carbocycles. The third-order valence-electron chi connectivity index (χ3n) is 4.55. The van der Waals surface area contributed by atoms with Crippen LogP contribution in [0.5, 0.6) is 0 Å². The summed E-state index contributed by atoms with van der Waals surface area (Å²) < 4.78 is 19.3. The average Bonchev–Trinajstić information content (AvgIpc) is 2.63.